The van der Waals surface area contributed by atoms with Gasteiger partial charge in [-0.15, -0.1) is 0 Å². The van der Waals surface area contributed by atoms with E-state index in [-0.39, 0.29) is 0 Å². The van der Waals surface area contributed by atoms with E-state index in [4.69, 9.17) is 0 Å². The van der Waals surface area contributed by atoms with Crippen molar-refractivity contribution in [3.63, 3.8) is 0 Å². The Bertz CT molecular complexity index is 585. The van der Waals surface area contributed by atoms with Gasteiger partial charge in [0.1, 0.15) is 0 Å². The molecule has 3 saturated carbocycles. The summed E-state index contributed by atoms with van der Waals surface area (Å²) in [5.41, 5.74) is 0.941. The smallest absolute Gasteiger partial charge is 0.220 e. The summed E-state index contributed by atoms with van der Waals surface area (Å²) in [4.78, 5) is 12.1. The fraction of sp³-hybridized carbons (Fsp3) is 0.962. The van der Waals surface area contributed by atoms with E-state index >= 15 is 0 Å². The van der Waals surface area contributed by atoms with Crippen molar-refractivity contribution in [3.05, 3.63) is 0 Å². The quantitative estimate of drug-likeness (QED) is 0.530. The Hall–Kier alpha value is -0.530. The average Bonchev–Trinajstić information content (AvgIpc) is 2.96. The average molecular weight is 388 g/mol. The maximum Gasteiger partial charge on any atom is 0.220 e. The first-order chi connectivity index (χ1) is 13.3. The summed E-state index contributed by atoms with van der Waals surface area (Å²) in [7, 11) is 0. The molecule has 28 heavy (non-hydrogen) atoms. The van der Waals surface area contributed by atoms with E-state index in [1.54, 1.807) is 0 Å². The molecule has 1 N–H and O–H groups in total. The zero-order valence-electron chi connectivity index (χ0n) is 19.2. The van der Waals surface area contributed by atoms with Gasteiger partial charge in [-0.25, -0.2) is 0 Å². The monoisotopic (exact) mass is 387 g/mol. The largest absolute Gasteiger partial charge is 0.353 e. The molecule has 4 aliphatic rings. The van der Waals surface area contributed by atoms with Gasteiger partial charge in [0.05, 0.1) is 0 Å². The van der Waals surface area contributed by atoms with Crippen LogP contribution in [-0.4, -0.2) is 11.9 Å². The molecule has 1 heterocycles. The summed E-state index contributed by atoms with van der Waals surface area (Å²) in [6, 6.07) is 0.433. The van der Waals surface area contributed by atoms with E-state index in [0.29, 0.717) is 22.8 Å². The van der Waals surface area contributed by atoms with Crippen LogP contribution in [0.1, 0.15) is 105 Å². The molecule has 0 aromatic rings. The van der Waals surface area contributed by atoms with E-state index in [1.165, 1.54) is 57.8 Å². The van der Waals surface area contributed by atoms with Crippen LogP contribution in [-0.2, 0) is 4.79 Å². The summed E-state index contributed by atoms with van der Waals surface area (Å²) in [5, 5.41) is 3.40. The Morgan fingerprint density at radius 3 is 2.54 bits per heavy atom. The van der Waals surface area contributed by atoms with Crippen molar-refractivity contribution in [2.75, 3.05) is 0 Å². The third kappa shape index (κ3) is 3.35. The second-order valence-corrected chi connectivity index (χ2v) is 12.1. The number of nitrogens with one attached hydrogen (secondary N) is 1. The van der Waals surface area contributed by atoms with Crippen LogP contribution in [0.15, 0.2) is 0 Å². The third-order valence-corrected chi connectivity index (χ3v) is 10.2. The number of amides is 1. The minimum Gasteiger partial charge on any atom is -0.353 e. The van der Waals surface area contributed by atoms with Crippen LogP contribution in [0.2, 0.25) is 0 Å². The molecule has 2 nitrogen and oxygen atoms in total. The van der Waals surface area contributed by atoms with Crippen molar-refractivity contribution in [2.24, 2.45) is 46.3 Å². The number of fused-ring (bicyclic) bond motifs is 5. The Balaban J connectivity index is 1.48. The van der Waals surface area contributed by atoms with Gasteiger partial charge in [0.15, 0.2) is 0 Å². The number of piperidine rings is 1. The van der Waals surface area contributed by atoms with Gasteiger partial charge in [-0.3, -0.25) is 4.79 Å². The minimum absolute atomic E-state index is 0.302. The lowest BCUT2D eigenvalue weighted by molar-refractivity contribution is -0.143. The van der Waals surface area contributed by atoms with Gasteiger partial charge in [0.2, 0.25) is 5.91 Å². The van der Waals surface area contributed by atoms with Crippen LogP contribution in [0, 0.1) is 46.3 Å². The van der Waals surface area contributed by atoms with Gasteiger partial charge in [0.25, 0.3) is 0 Å². The molecule has 3 aliphatic carbocycles. The van der Waals surface area contributed by atoms with Crippen molar-refractivity contribution >= 4 is 5.91 Å². The molecule has 4 rings (SSSR count). The maximum atomic E-state index is 12.1. The summed E-state index contributed by atoms with van der Waals surface area (Å²) in [5.74, 6) is 5.56. The summed E-state index contributed by atoms with van der Waals surface area (Å²) >= 11 is 0. The van der Waals surface area contributed by atoms with Crippen molar-refractivity contribution in [2.45, 2.75) is 111 Å². The summed E-state index contributed by atoms with van der Waals surface area (Å²) in [6.07, 6.45) is 14.7. The number of rotatable bonds is 5. The predicted octanol–water partition coefficient (Wildman–Crippen LogP) is 6.59. The van der Waals surface area contributed by atoms with E-state index in [1.807, 2.05) is 0 Å². The SMILES string of the molecule is CC(C)CCCC[C@H]1CC[C@H]2[C@@H]3[C@@H](C)C[C@H]4NC(=O)CC[C@]4(C)[C@H]3CC[C@]12C. The van der Waals surface area contributed by atoms with Crippen molar-refractivity contribution in [1.82, 2.24) is 5.32 Å². The predicted molar refractivity (Wildman–Crippen MR) is 117 cm³/mol. The number of hydrogen-bond acceptors (Lipinski definition) is 1. The highest BCUT2D eigenvalue weighted by atomic mass is 16.1. The first-order valence-electron chi connectivity index (χ1n) is 12.5. The minimum atomic E-state index is 0.302. The van der Waals surface area contributed by atoms with E-state index in [9.17, 15) is 4.79 Å². The van der Waals surface area contributed by atoms with Gasteiger partial charge >= 0.3 is 0 Å². The number of unbranched alkanes of at least 4 members (excludes halogenated alkanes) is 1. The van der Waals surface area contributed by atoms with Crippen molar-refractivity contribution < 1.29 is 4.79 Å². The molecule has 0 bridgehead atoms. The first-order valence-corrected chi connectivity index (χ1v) is 12.5. The molecule has 4 fully saturated rings. The molecule has 1 aliphatic heterocycles. The highest BCUT2D eigenvalue weighted by molar-refractivity contribution is 5.77. The van der Waals surface area contributed by atoms with Crippen molar-refractivity contribution in [3.8, 4) is 0 Å². The summed E-state index contributed by atoms with van der Waals surface area (Å²) < 4.78 is 0. The Kier molecular flexibility index (Phi) is 5.64. The van der Waals surface area contributed by atoms with Crippen LogP contribution in [0.3, 0.4) is 0 Å². The third-order valence-electron chi connectivity index (χ3n) is 10.2. The van der Waals surface area contributed by atoms with E-state index in [0.717, 1.165) is 48.3 Å². The Morgan fingerprint density at radius 2 is 1.79 bits per heavy atom. The first kappa shape index (κ1) is 20.7. The molecule has 1 saturated heterocycles. The lowest BCUT2D eigenvalue weighted by Crippen LogP contribution is -2.63. The van der Waals surface area contributed by atoms with E-state index < -0.39 is 0 Å². The highest BCUT2D eigenvalue weighted by Gasteiger charge is 2.61. The Morgan fingerprint density at radius 1 is 1.04 bits per heavy atom. The molecule has 2 heteroatoms. The highest BCUT2D eigenvalue weighted by Crippen LogP contribution is 2.67. The van der Waals surface area contributed by atoms with Crippen LogP contribution >= 0.6 is 0 Å². The normalized spacial score (nSPS) is 48.0. The van der Waals surface area contributed by atoms with Gasteiger partial charge in [-0.2, -0.15) is 0 Å². The topological polar surface area (TPSA) is 29.1 Å². The summed E-state index contributed by atoms with van der Waals surface area (Å²) in [6.45, 7) is 12.4. The van der Waals surface area contributed by atoms with Crippen LogP contribution in [0.5, 0.6) is 0 Å². The number of hydrogen-bond donors (Lipinski definition) is 1. The van der Waals surface area contributed by atoms with Crippen LogP contribution < -0.4 is 5.32 Å². The molecule has 0 spiro atoms. The maximum absolute atomic E-state index is 12.1. The van der Waals surface area contributed by atoms with Crippen molar-refractivity contribution in [1.29, 1.82) is 0 Å². The molecule has 0 aromatic carbocycles. The number of carbonyl (C=O) groups is 1. The molecular formula is C26H45NO. The van der Waals surface area contributed by atoms with Gasteiger partial charge in [0, 0.05) is 12.5 Å². The second kappa shape index (κ2) is 7.62. The van der Waals surface area contributed by atoms with Crippen LogP contribution in [0.25, 0.3) is 0 Å². The molecular weight excluding hydrogens is 342 g/mol. The fourth-order valence-electron chi connectivity index (χ4n) is 8.57. The Labute approximate surface area is 174 Å². The molecule has 160 valence electrons. The van der Waals surface area contributed by atoms with Gasteiger partial charge in [-0.05, 0) is 91.3 Å². The van der Waals surface area contributed by atoms with Crippen LogP contribution in [0.4, 0.5) is 0 Å². The molecule has 1 amide bonds. The molecule has 8 atom stereocenters. The number of carbonyl (C=O) groups excluding carboxylic acids is 1. The molecule has 0 radical (unpaired) electrons. The molecule has 0 aromatic heterocycles. The van der Waals surface area contributed by atoms with E-state index in [2.05, 4.69) is 39.9 Å². The van der Waals surface area contributed by atoms with Gasteiger partial charge < -0.3 is 5.32 Å². The lowest BCUT2D eigenvalue weighted by atomic mass is 9.45. The zero-order valence-corrected chi connectivity index (χ0v) is 19.2. The standard InChI is InChI=1S/C26H45NO/c1-17(2)8-6-7-9-19-10-11-20-24-18(3)16-22-26(5,15-13-23(28)27-22)21(24)12-14-25(19,20)4/h17-22,24H,6-16H2,1-5H3,(H,27,28)/t18-,19-,20-,21-,22+,24-,25+,26+/m0/s1. The lowest BCUT2D eigenvalue weighted by Gasteiger charge is -2.62. The van der Waals surface area contributed by atoms with Gasteiger partial charge in [-0.1, -0.05) is 53.9 Å². The zero-order chi connectivity index (χ0) is 20.1. The fourth-order valence-corrected chi connectivity index (χ4v) is 8.57. The molecule has 0 unspecified atom stereocenters. The second-order valence-electron chi connectivity index (χ2n) is 12.1.